The average molecular weight is 953 g/mol. The monoisotopic (exact) mass is 952 g/mol. The minimum Gasteiger partial charge on any atom is -0.365 e. The van der Waals surface area contributed by atoms with Crippen LogP contribution in [0, 0.1) is 29.7 Å². The van der Waals surface area contributed by atoms with Crippen molar-refractivity contribution < 1.29 is 0 Å². The zero-order valence-electron chi connectivity index (χ0n) is 41.1. The van der Waals surface area contributed by atoms with Crippen LogP contribution < -0.4 is 4.90 Å². The number of nitrogens with zero attached hydrogens (tertiary/aromatic N) is 6. The molecule has 3 aliphatic rings. The van der Waals surface area contributed by atoms with Crippen molar-refractivity contribution in [3.63, 3.8) is 0 Å². The molecule has 5 atom stereocenters. The smallest absolute Gasteiger partial charge is 0.195 e. The number of benzene rings is 9. The van der Waals surface area contributed by atoms with Gasteiger partial charge >= 0.3 is 0 Å². The van der Waals surface area contributed by atoms with Crippen LogP contribution >= 0.6 is 0 Å². The molecule has 2 saturated carbocycles. The fourth-order valence-corrected chi connectivity index (χ4v) is 14.6. The molecule has 2 aliphatic carbocycles. The third-order valence-electron chi connectivity index (χ3n) is 17.6. The Morgan fingerprint density at radius 2 is 0.919 bits per heavy atom. The summed E-state index contributed by atoms with van der Waals surface area (Å²) in [4.78, 5) is 6.92. The predicted molar refractivity (Wildman–Crippen MR) is 305 cm³/mol. The van der Waals surface area contributed by atoms with Gasteiger partial charge in [0, 0.05) is 78.5 Å². The Balaban J connectivity index is 0.730. The van der Waals surface area contributed by atoms with Gasteiger partial charge in [-0.1, -0.05) is 128 Å². The molecule has 74 heavy (non-hydrogen) atoms. The van der Waals surface area contributed by atoms with Crippen molar-refractivity contribution in [3.8, 4) is 39.7 Å². The van der Waals surface area contributed by atoms with Crippen LogP contribution in [-0.4, -0.2) is 25.8 Å². The summed E-state index contributed by atoms with van der Waals surface area (Å²) in [5.41, 5.74) is 15.4. The summed E-state index contributed by atoms with van der Waals surface area (Å²) in [6, 6.07) is 76.2. The molecular formula is C68H52N6. The van der Waals surface area contributed by atoms with Crippen molar-refractivity contribution in [1.82, 2.24) is 13.7 Å². The van der Waals surface area contributed by atoms with E-state index >= 15 is 0 Å². The maximum atomic E-state index is 10.7. The van der Waals surface area contributed by atoms with Crippen LogP contribution in [0.5, 0.6) is 0 Å². The van der Waals surface area contributed by atoms with E-state index in [1.165, 1.54) is 105 Å². The molecule has 0 spiro atoms. The highest BCUT2D eigenvalue weighted by molar-refractivity contribution is 6.12. The van der Waals surface area contributed by atoms with Gasteiger partial charge in [-0.15, -0.1) is 0 Å². The lowest BCUT2D eigenvalue weighted by atomic mass is 9.72. The maximum absolute atomic E-state index is 10.7. The van der Waals surface area contributed by atoms with Crippen LogP contribution in [0.2, 0.25) is 0 Å². The zero-order chi connectivity index (χ0) is 49.0. The minimum atomic E-state index is 0.488. The number of hydrogen-bond acceptors (Lipinski definition) is 2. The van der Waals surface area contributed by atoms with E-state index in [0.29, 0.717) is 41.2 Å². The summed E-state index contributed by atoms with van der Waals surface area (Å²) >= 11 is 0. The first-order valence-corrected chi connectivity index (χ1v) is 26.6. The predicted octanol–water partition coefficient (Wildman–Crippen LogP) is 17.5. The summed E-state index contributed by atoms with van der Waals surface area (Å²) in [5.74, 6) is 1.35. The number of para-hydroxylation sites is 5. The lowest BCUT2D eigenvalue weighted by molar-refractivity contribution is 0.194. The quantitative estimate of drug-likeness (QED) is 0.156. The van der Waals surface area contributed by atoms with E-state index in [4.69, 9.17) is 6.57 Å². The first-order valence-electron chi connectivity index (χ1n) is 26.6. The van der Waals surface area contributed by atoms with Crippen molar-refractivity contribution in [3.05, 3.63) is 217 Å². The molecule has 15 rings (SSSR count). The van der Waals surface area contributed by atoms with E-state index in [-0.39, 0.29) is 0 Å². The Hall–Kier alpha value is -8.84. The van der Waals surface area contributed by atoms with Gasteiger partial charge in [0.1, 0.15) is 0 Å². The molecule has 4 heterocycles. The Kier molecular flexibility index (Phi) is 9.76. The number of anilines is 1. The number of rotatable bonds is 6. The molecule has 0 bridgehead atoms. The van der Waals surface area contributed by atoms with E-state index in [0.717, 1.165) is 44.7 Å². The van der Waals surface area contributed by atoms with Crippen LogP contribution in [-0.2, 0) is 0 Å². The van der Waals surface area contributed by atoms with E-state index in [9.17, 15) is 5.26 Å². The topological polar surface area (TPSA) is 46.2 Å². The molecule has 0 amide bonds. The molecule has 354 valence electrons. The van der Waals surface area contributed by atoms with Gasteiger partial charge in [0.25, 0.3) is 0 Å². The third kappa shape index (κ3) is 6.41. The van der Waals surface area contributed by atoms with Gasteiger partial charge < -0.3 is 18.6 Å². The molecular weight excluding hydrogens is 901 g/mol. The molecule has 1 saturated heterocycles. The molecule has 12 aromatic rings. The Bertz CT molecular complexity index is 4200. The molecule has 0 N–H and O–H groups in total. The second kappa shape index (κ2) is 16.9. The van der Waals surface area contributed by atoms with Gasteiger partial charge in [-0.2, -0.15) is 5.26 Å². The first-order chi connectivity index (χ1) is 36.6. The van der Waals surface area contributed by atoms with Crippen molar-refractivity contribution in [2.75, 3.05) is 4.90 Å². The Morgan fingerprint density at radius 3 is 1.53 bits per heavy atom. The normalized spacial score (nSPS) is 19.6. The number of hydrogen-bond donors (Lipinski definition) is 0. The molecule has 6 nitrogen and oxygen atoms in total. The molecule has 1 aliphatic heterocycles. The molecule has 9 aromatic carbocycles. The molecule has 3 fully saturated rings. The Morgan fingerprint density at radius 1 is 0.432 bits per heavy atom. The first kappa shape index (κ1) is 42.8. The minimum absolute atomic E-state index is 0.488. The van der Waals surface area contributed by atoms with Crippen LogP contribution in [0.3, 0.4) is 0 Å². The second-order valence-electron chi connectivity index (χ2n) is 21.2. The molecule has 5 unspecified atom stereocenters. The molecule has 0 radical (unpaired) electrons. The maximum Gasteiger partial charge on any atom is 0.195 e. The van der Waals surface area contributed by atoms with E-state index in [1.807, 2.05) is 12.1 Å². The lowest BCUT2D eigenvalue weighted by Crippen LogP contribution is -2.40. The summed E-state index contributed by atoms with van der Waals surface area (Å²) < 4.78 is 7.40. The van der Waals surface area contributed by atoms with Crippen molar-refractivity contribution in [1.29, 1.82) is 5.26 Å². The van der Waals surface area contributed by atoms with Gasteiger partial charge in [0.15, 0.2) is 5.69 Å². The van der Waals surface area contributed by atoms with Gasteiger partial charge in [-0.05, 0) is 151 Å². The fraction of sp³-hybridized carbons (Fsp3) is 0.176. The van der Waals surface area contributed by atoms with Gasteiger partial charge in [0.2, 0.25) is 0 Å². The van der Waals surface area contributed by atoms with E-state index in [1.54, 1.807) is 0 Å². The lowest BCUT2D eigenvalue weighted by Gasteiger charge is -2.39. The Labute approximate surface area is 430 Å². The largest absolute Gasteiger partial charge is 0.365 e. The molecule has 3 aromatic heterocycles. The van der Waals surface area contributed by atoms with Crippen LogP contribution in [0.4, 0.5) is 11.4 Å². The van der Waals surface area contributed by atoms with Gasteiger partial charge in [-0.3, -0.25) is 0 Å². The summed E-state index contributed by atoms with van der Waals surface area (Å²) in [6.45, 7) is 8.41. The summed E-state index contributed by atoms with van der Waals surface area (Å²) in [6.07, 6.45) is 8.75. The molecule has 6 heteroatoms. The summed E-state index contributed by atoms with van der Waals surface area (Å²) in [7, 11) is 0. The average Bonchev–Trinajstić information content (AvgIpc) is 4.20. The van der Waals surface area contributed by atoms with E-state index in [2.05, 4.69) is 218 Å². The standard InChI is InChI=1S/C68H52N6/c1-70-60-41-56(43-26-30-46(31-27-43)71-65-24-12-6-18-54(65)58-39-48(34-36-67(58)71)73-61-20-8-2-14-50(61)51-15-3-9-21-62(51)73)45(42-69)38-57(60)44-28-32-47(33-29-44)72-66-25-13-7-19-55(66)59-40-49(35-37-68(59)72)74-63-22-10-4-16-52(63)53-17-5-11-23-64(53)74/h2-6,8-12,14-18,20-24,26-34,36,38-39,41,49,55,59,66,68H,7,13,19,25,35,37,40H2. The van der Waals surface area contributed by atoms with Crippen LogP contribution in [0.25, 0.3) is 104 Å². The van der Waals surface area contributed by atoms with Crippen molar-refractivity contribution in [2.24, 2.45) is 11.8 Å². The van der Waals surface area contributed by atoms with Crippen molar-refractivity contribution >= 4 is 76.8 Å². The van der Waals surface area contributed by atoms with Crippen molar-refractivity contribution in [2.45, 2.75) is 63.1 Å². The number of nitriles is 1. The third-order valence-corrected chi connectivity index (χ3v) is 17.6. The fourth-order valence-electron chi connectivity index (χ4n) is 14.6. The second-order valence-corrected chi connectivity index (χ2v) is 21.2. The van der Waals surface area contributed by atoms with Gasteiger partial charge in [0.05, 0.1) is 40.3 Å². The van der Waals surface area contributed by atoms with Crippen LogP contribution in [0.15, 0.2) is 200 Å². The highest BCUT2D eigenvalue weighted by Gasteiger charge is 2.51. The summed E-state index contributed by atoms with van der Waals surface area (Å²) in [5, 5.41) is 18.3. The number of aromatic nitrogens is 3. The highest BCUT2D eigenvalue weighted by atomic mass is 15.2. The highest BCUT2D eigenvalue weighted by Crippen LogP contribution is 2.54. The zero-order valence-corrected chi connectivity index (χ0v) is 41.1. The SMILES string of the molecule is [C-]#[N+]c1cc(-c2ccc(-n3c4ccccc4c4cc(-n5c6ccccc6c6ccccc65)ccc43)cc2)c(C#N)cc1-c1ccc(N2C3CCCCC3C3CC(n4c5ccccc5c5ccccc54)CCC32)cc1. The number of fused-ring (bicyclic) bond motifs is 12. The van der Waals surface area contributed by atoms with Crippen LogP contribution in [0.1, 0.15) is 56.6 Å². The van der Waals surface area contributed by atoms with Gasteiger partial charge in [-0.25, -0.2) is 4.85 Å². The van der Waals surface area contributed by atoms with E-state index < -0.39 is 0 Å².